The standard InChI is InChI=1S/C15H25N5O3/c1-10(2)20-9-11(17-18-20)8-16-13(21)12-6-7-19(12)14(22)23-15(3,4)5/h9-10,12H,6-8H2,1-5H3,(H,16,21)/t12-/m1/s1. The van der Waals surface area contributed by atoms with Gasteiger partial charge >= 0.3 is 6.09 Å². The molecule has 1 aliphatic rings. The predicted molar refractivity (Wildman–Crippen MR) is 83.6 cm³/mol. The summed E-state index contributed by atoms with van der Waals surface area (Å²) in [5.41, 5.74) is 0.124. The van der Waals surface area contributed by atoms with Crippen LogP contribution in [0.3, 0.4) is 0 Å². The van der Waals surface area contributed by atoms with Crippen molar-refractivity contribution in [1.82, 2.24) is 25.2 Å². The van der Waals surface area contributed by atoms with E-state index < -0.39 is 17.7 Å². The third-order valence-corrected chi connectivity index (χ3v) is 3.48. The molecule has 128 valence electrons. The molecular weight excluding hydrogens is 298 g/mol. The lowest BCUT2D eigenvalue weighted by Crippen LogP contribution is -2.59. The van der Waals surface area contributed by atoms with Crippen LogP contribution in [0.2, 0.25) is 0 Å². The lowest BCUT2D eigenvalue weighted by molar-refractivity contribution is -0.130. The van der Waals surface area contributed by atoms with E-state index in [0.717, 1.165) is 0 Å². The van der Waals surface area contributed by atoms with Crippen LogP contribution in [0.25, 0.3) is 0 Å². The summed E-state index contributed by atoms with van der Waals surface area (Å²) in [5, 5.41) is 10.8. The van der Waals surface area contributed by atoms with E-state index in [1.165, 1.54) is 4.90 Å². The number of rotatable bonds is 4. The second kappa shape index (κ2) is 6.55. The number of nitrogens with zero attached hydrogens (tertiary/aromatic N) is 4. The highest BCUT2D eigenvalue weighted by molar-refractivity contribution is 5.87. The molecule has 2 rings (SSSR count). The Balaban J connectivity index is 1.84. The molecule has 0 aliphatic carbocycles. The third kappa shape index (κ3) is 4.43. The Bertz CT molecular complexity index is 576. The van der Waals surface area contributed by atoms with Crippen molar-refractivity contribution in [2.24, 2.45) is 0 Å². The first-order valence-electron chi connectivity index (χ1n) is 7.85. The van der Waals surface area contributed by atoms with Crippen molar-refractivity contribution < 1.29 is 14.3 Å². The monoisotopic (exact) mass is 323 g/mol. The molecule has 0 spiro atoms. The van der Waals surface area contributed by atoms with Gasteiger partial charge in [-0.3, -0.25) is 9.69 Å². The van der Waals surface area contributed by atoms with Crippen LogP contribution in [0.4, 0.5) is 4.79 Å². The minimum absolute atomic E-state index is 0.193. The van der Waals surface area contributed by atoms with Crippen LogP contribution in [0.5, 0.6) is 0 Å². The molecule has 0 radical (unpaired) electrons. The number of amides is 2. The van der Waals surface area contributed by atoms with E-state index in [9.17, 15) is 9.59 Å². The van der Waals surface area contributed by atoms with E-state index >= 15 is 0 Å². The molecule has 1 fully saturated rings. The summed E-state index contributed by atoms with van der Waals surface area (Å²) in [5.74, 6) is -0.193. The number of likely N-dealkylation sites (tertiary alicyclic amines) is 1. The second-order valence-electron chi connectivity index (χ2n) is 6.98. The highest BCUT2D eigenvalue weighted by Crippen LogP contribution is 2.21. The van der Waals surface area contributed by atoms with Crippen molar-refractivity contribution in [3.63, 3.8) is 0 Å². The molecule has 1 aliphatic heterocycles. The molecule has 1 saturated heterocycles. The predicted octanol–water partition coefficient (Wildman–Crippen LogP) is 1.48. The number of ether oxygens (including phenoxy) is 1. The van der Waals surface area contributed by atoms with E-state index in [-0.39, 0.29) is 11.9 Å². The van der Waals surface area contributed by atoms with Crippen LogP contribution in [0, 0.1) is 0 Å². The number of carbonyl (C=O) groups is 2. The summed E-state index contributed by atoms with van der Waals surface area (Å²) in [6, 6.07) is -0.244. The van der Waals surface area contributed by atoms with Crippen molar-refractivity contribution in [1.29, 1.82) is 0 Å². The Labute approximate surface area is 136 Å². The first kappa shape index (κ1) is 17.2. The van der Waals surface area contributed by atoms with Gasteiger partial charge in [-0.1, -0.05) is 5.21 Å². The van der Waals surface area contributed by atoms with E-state index in [0.29, 0.717) is 25.2 Å². The van der Waals surface area contributed by atoms with Gasteiger partial charge in [0.15, 0.2) is 0 Å². The Morgan fingerprint density at radius 3 is 2.61 bits per heavy atom. The maximum absolute atomic E-state index is 12.2. The fourth-order valence-electron chi connectivity index (χ4n) is 2.14. The van der Waals surface area contributed by atoms with E-state index in [1.807, 2.05) is 13.8 Å². The first-order chi connectivity index (χ1) is 10.7. The molecule has 2 amide bonds. The Morgan fingerprint density at radius 2 is 2.13 bits per heavy atom. The van der Waals surface area contributed by atoms with Crippen LogP contribution in [0.1, 0.15) is 52.8 Å². The number of aromatic nitrogens is 3. The summed E-state index contributed by atoms with van der Waals surface area (Å²) < 4.78 is 7.03. The van der Waals surface area contributed by atoms with Gasteiger partial charge in [-0.05, 0) is 41.0 Å². The van der Waals surface area contributed by atoms with Gasteiger partial charge in [0.2, 0.25) is 5.91 Å². The zero-order chi connectivity index (χ0) is 17.2. The van der Waals surface area contributed by atoms with E-state index in [4.69, 9.17) is 4.74 Å². The maximum Gasteiger partial charge on any atom is 0.410 e. The molecule has 1 N–H and O–H groups in total. The van der Waals surface area contributed by atoms with Gasteiger partial charge in [0.25, 0.3) is 0 Å². The minimum atomic E-state index is -0.566. The fraction of sp³-hybridized carbons (Fsp3) is 0.733. The van der Waals surface area contributed by atoms with Crippen LogP contribution in [0.15, 0.2) is 6.20 Å². The zero-order valence-corrected chi connectivity index (χ0v) is 14.4. The molecule has 0 bridgehead atoms. The molecule has 8 nitrogen and oxygen atoms in total. The van der Waals surface area contributed by atoms with Crippen LogP contribution >= 0.6 is 0 Å². The van der Waals surface area contributed by atoms with Crippen LogP contribution in [-0.4, -0.2) is 50.1 Å². The SMILES string of the molecule is CC(C)n1cc(CNC(=O)[C@H]2CCN2C(=O)OC(C)(C)C)nn1. The average molecular weight is 323 g/mol. The number of hydrogen-bond acceptors (Lipinski definition) is 5. The zero-order valence-electron chi connectivity index (χ0n) is 14.4. The summed E-state index contributed by atoms with van der Waals surface area (Å²) in [6.45, 7) is 10.3. The molecule has 8 heteroatoms. The summed E-state index contributed by atoms with van der Waals surface area (Å²) in [4.78, 5) is 25.7. The third-order valence-electron chi connectivity index (χ3n) is 3.48. The number of hydrogen-bond donors (Lipinski definition) is 1. The highest BCUT2D eigenvalue weighted by atomic mass is 16.6. The molecule has 0 aromatic carbocycles. The summed E-state index contributed by atoms with van der Waals surface area (Å²) in [7, 11) is 0. The number of carbonyl (C=O) groups excluding carboxylic acids is 2. The van der Waals surface area contributed by atoms with Gasteiger partial charge in [0, 0.05) is 12.6 Å². The Morgan fingerprint density at radius 1 is 1.43 bits per heavy atom. The normalized spacial score (nSPS) is 17.8. The first-order valence-corrected chi connectivity index (χ1v) is 7.85. The lowest BCUT2D eigenvalue weighted by atomic mass is 10.0. The quantitative estimate of drug-likeness (QED) is 0.906. The fourth-order valence-corrected chi connectivity index (χ4v) is 2.14. The van der Waals surface area contributed by atoms with Crippen LogP contribution in [-0.2, 0) is 16.1 Å². The van der Waals surface area contributed by atoms with Crippen LogP contribution < -0.4 is 5.32 Å². The molecule has 1 atom stereocenters. The topological polar surface area (TPSA) is 89.4 Å². The van der Waals surface area contributed by atoms with Gasteiger partial charge in [0.1, 0.15) is 17.3 Å². The molecular formula is C15H25N5O3. The van der Waals surface area contributed by atoms with E-state index in [1.54, 1.807) is 31.6 Å². The van der Waals surface area contributed by atoms with Gasteiger partial charge in [-0.15, -0.1) is 5.10 Å². The van der Waals surface area contributed by atoms with Gasteiger partial charge in [-0.2, -0.15) is 0 Å². The minimum Gasteiger partial charge on any atom is -0.444 e. The van der Waals surface area contributed by atoms with Crippen molar-refractivity contribution >= 4 is 12.0 Å². The lowest BCUT2D eigenvalue weighted by Gasteiger charge is -2.40. The largest absolute Gasteiger partial charge is 0.444 e. The van der Waals surface area contributed by atoms with Gasteiger partial charge in [0.05, 0.1) is 12.7 Å². The second-order valence-corrected chi connectivity index (χ2v) is 6.98. The summed E-state index contributed by atoms with van der Waals surface area (Å²) in [6.07, 6.45) is 2.00. The van der Waals surface area contributed by atoms with Crippen molar-refractivity contribution in [2.45, 2.75) is 65.3 Å². The number of nitrogens with one attached hydrogen (secondary N) is 1. The van der Waals surface area contributed by atoms with Crippen molar-refractivity contribution in [2.75, 3.05) is 6.54 Å². The van der Waals surface area contributed by atoms with Crippen molar-refractivity contribution in [3.8, 4) is 0 Å². The Kier molecular flexibility index (Phi) is 4.91. The highest BCUT2D eigenvalue weighted by Gasteiger charge is 2.39. The van der Waals surface area contributed by atoms with Crippen molar-refractivity contribution in [3.05, 3.63) is 11.9 Å². The molecule has 23 heavy (non-hydrogen) atoms. The van der Waals surface area contributed by atoms with E-state index in [2.05, 4.69) is 15.6 Å². The molecule has 0 saturated carbocycles. The molecule has 1 aromatic rings. The molecule has 0 unspecified atom stereocenters. The summed E-state index contributed by atoms with van der Waals surface area (Å²) >= 11 is 0. The van der Waals surface area contributed by atoms with Gasteiger partial charge in [-0.25, -0.2) is 9.48 Å². The average Bonchev–Trinajstić information content (AvgIpc) is 2.81. The van der Waals surface area contributed by atoms with Gasteiger partial charge < -0.3 is 10.1 Å². The Hall–Kier alpha value is -2.12. The smallest absolute Gasteiger partial charge is 0.410 e. The molecule has 2 heterocycles. The maximum atomic E-state index is 12.2. The molecule has 1 aromatic heterocycles.